The summed E-state index contributed by atoms with van der Waals surface area (Å²) >= 11 is 0. The first-order valence-corrected chi connectivity index (χ1v) is 9.70. The third kappa shape index (κ3) is 2.17. The molecule has 4 heteroatoms. The average Bonchev–Trinajstić information content (AvgIpc) is 2.89. The number of aromatic hydroxyl groups is 2. The van der Waals surface area contributed by atoms with E-state index < -0.39 is 0 Å². The predicted molar refractivity (Wildman–Crippen MR) is 103 cm³/mol. The molecule has 2 aliphatic carbocycles. The fourth-order valence-electron chi connectivity index (χ4n) is 5.98. The van der Waals surface area contributed by atoms with Gasteiger partial charge in [0.15, 0.2) is 22.6 Å². The van der Waals surface area contributed by atoms with Crippen LogP contribution in [0.25, 0.3) is 11.0 Å². The van der Waals surface area contributed by atoms with Gasteiger partial charge in [-0.05, 0) is 48.5 Å². The van der Waals surface area contributed by atoms with Gasteiger partial charge in [-0.25, -0.2) is 0 Å². The lowest BCUT2D eigenvalue weighted by Gasteiger charge is -2.50. The number of hydrogen-bond acceptors (Lipinski definition) is 3. The largest absolute Gasteiger partial charge is 0.504 e. The summed E-state index contributed by atoms with van der Waals surface area (Å²) in [6, 6.07) is 1.61. The first-order chi connectivity index (χ1) is 12.2. The topological polar surface area (TPSA) is 75.0 Å². The fourth-order valence-corrected chi connectivity index (χ4v) is 5.98. The summed E-state index contributed by atoms with van der Waals surface area (Å²) in [6.07, 6.45) is 6.55. The van der Waals surface area contributed by atoms with Crippen molar-refractivity contribution in [3.8, 4) is 11.5 Å². The first kappa shape index (κ1) is 17.4. The van der Waals surface area contributed by atoms with Crippen LogP contribution in [0.5, 0.6) is 11.5 Å². The van der Waals surface area contributed by atoms with Gasteiger partial charge in [-0.3, -0.25) is 4.79 Å². The molecule has 1 heterocycles. The molecule has 0 bridgehead atoms. The van der Waals surface area contributed by atoms with Crippen molar-refractivity contribution in [3.05, 3.63) is 23.0 Å². The maximum absolute atomic E-state index is 10.2. The van der Waals surface area contributed by atoms with Gasteiger partial charge < -0.3 is 14.6 Å². The number of rotatable bonds is 1. The lowest BCUT2D eigenvalue weighted by molar-refractivity contribution is 0.0504. The van der Waals surface area contributed by atoms with Gasteiger partial charge in [0.05, 0.1) is 0 Å². The van der Waals surface area contributed by atoms with Crippen LogP contribution in [-0.2, 0) is 5.41 Å². The van der Waals surface area contributed by atoms with E-state index in [0.717, 1.165) is 30.3 Å². The zero-order valence-electron chi connectivity index (χ0n) is 16.1. The highest BCUT2D eigenvalue weighted by atomic mass is 16.3. The Kier molecular flexibility index (Phi) is 3.70. The van der Waals surface area contributed by atoms with E-state index in [4.69, 9.17) is 4.42 Å². The molecule has 0 amide bonds. The van der Waals surface area contributed by atoms with Crippen molar-refractivity contribution in [3.63, 3.8) is 0 Å². The summed E-state index contributed by atoms with van der Waals surface area (Å²) < 4.78 is 6.26. The molecule has 2 aliphatic rings. The molecule has 4 rings (SSSR count). The van der Waals surface area contributed by atoms with E-state index >= 15 is 0 Å². The lowest BCUT2D eigenvalue weighted by Crippen LogP contribution is -2.44. The van der Waals surface area contributed by atoms with Crippen LogP contribution in [0.3, 0.4) is 0 Å². The predicted octanol–water partition coefficient (Wildman–Crippen LogP) is 5.35. The molecule has 140 valence electrons. The van der Waals surface area contributed by atoms with Crippen LogP contribution >= 0.6 is 0 Å². The third-order valence-corrected chi connectivity index (χ3v) is 7.26. The van der Waals surface area contributed by atoms with Crippen molar-refractivity contribution in [2.45, 2.75) is 71.1 Å². The Morgan fingerprint density at radius 1 is 1.19 bits per heavy atom. The van der Waals surface area contributed by atoms with E-state index in [9.17, 15) is 15.0 Å². The van der Waals surface area contributed by atoms with Crippen molar-refractivity contribution in [1.29, 1.82) is 0 Å². The summed E-state index contributed by atoms with van der Waals surface area (Å²) in [5.41, 5.74) is 2.03. The standard InChI is InChI=1S/C22H28O4/c1-12-6-7-16-21(2,3)8-5-9-22(16,4)17-13-10-15(24)18(25)14(11-23)20(13)26-19(12)17/h10-12,16,24-25H,5-9H2,1-4H3/p+1/t12-,16+,22+/m1/s1. The zero-order chi connectivity index (χ0) is 18.9. The molecular formula is C22H29O4+. The fraction of sp³-hybridized carbons (Fsp3) is 0.591. The van der Waals surface area contributed by atoms with Gasteiger partial charge in [-0.2, -0.15) is 0 Å². The summed E-state index contributed by atoms with van der Waals surface area (Å²) in [4.78, 5) is 9.65. The molecule has 1 aromatic carbocycles. The van der Waals surface area contributed by atoms with E-state index in [1.54, 1.807) is 6.07 Å². The van der Waals surface area contributed by atoms with Crippen molar-refractivity contribution >= 4 is 17.3 Å². The Labute approximate surface area is 154 Å². The number of phenols is 2. The van der Waals surface area contributed by atoms with E-state index in [-0.39, 0.29) is 33.8 Å². The van der Waals surface area contributed by atoms with Crippen molar-refractivity contribution in [2.75, 3.05) is 0 Å². The summed E-state index contributed by atoms with van der Waals surface area (Å²) in [6.45, 7) is 9.29. The smallest absolute Gasteiger partial charge is 0.320 e. The third-order valence-electron chi connectivity index (χ3n) is 7.26. The monoisotopic (exact) mass is 357 g/mol. The molecule has 2 aromatic rings. The lowest BCUT2D eigenvalue weighted by atomic mass is 9.53. The van der Waals surface area contributed by atoms with Crippen LogP contribution in [0.2, 0.25) is 0 Å². The molecule has 1 aromatic heterocycles. The molecule has 0 saturated heterocycles. The number of hydrogen-bond donors (Lipinski definition) is 2. The quantitative estimate of drug-likeness (QED) is 0.410. The van der Waals surface area contributed by atoms with E-state index in [1.807, 2.05) is 0 Å². The minimum atomic E-state index is -0.331. The van der Waals surface area contributed by atoms with Gasteiger partial charge >= 0.3 is 6.29 Å². The molecule has 26 heavy (non-hydrogen) atoms. The SMILES string of the molecule is C[C@@H]1CC[C@H]2C(C)(C)CCC[C@]2(C)c2c1oc1c(C=[OH+])c(O)c(O)cc21. The van der Waals surface area contributed by atoms with E-state index in [1.165, 1.54) is 24.8 Å². The van der Waals surface area contributed by atoms with E-state index in [0.29, 0.717) is 11.5 Å². The molecule has 4 nitrogen and oxygen atoms in total. The first-order valence-electron chi connectivity index (χ1n) is 9.70. The van der Waals surface area contributed by atoms with Crippen molar-refractivity contribution in [2.24, 2.45) is 11.3 Å². The van der Waals surface area contributed by atoms with Gasteiger partial charge in [0.1, 0.15) is 5.76 Å². The summed E-state index contributed by atoms with van der Waals surface area (Å²) in [7, 11) is 0. The normalized spacial score (nSPS) is 30.5. The number of benzene rings is 1. The molecule has 0 spiro atoms. The Morgan fingerprint density at radius 2 is 1.92 bits per heavy atom. The molecule has 1 fully saturated rings. The van der Waals surface area contributed by atoms with Crippen LogP contribution in [0, 0.1) is 11.3 Å². The Hall–Kier alpha value is -1.97. The number of furan rings is 1. The van der Waals surface area contributed by atoms with Crippen LogP contribution < -0.4 is 0 Å². The minimum Gasteiger partial charge on any atom is -0.504 e. The molecule has 0 radical (unpaired) electrons. The number of phenolic OH excluding ortho intramolecular Hbond substituents is 2. The summed E-state index contributed by atoms with van der Waals surface area (Å²) in [5.74, 6) is 1.21. The Morgan fingerprint density at radius 3 is 2.62 bits per heavy atom. The molecule has 0 unspecified atom stereocenters. The van der Waals surface area contributed by atoms with Gasteiger partial charge in [0.2, 0.25) is 0 Å². The second kappa shape index (κ2) is 5.51. The Balaban J connectivity index is 2.09. The highest BCUT2D eigenvalue weighted by Gasteiger charge is 2.51. The second-order valence-corrected chi connectivity index (χ2v) is 9.30. The second-order valence-electron chi connectivity index (χ2n) is 9.30. The van der Waals surface area contributed by atoms with Crippen LogP contribution in [0.4, 0.5) is 0 Å². The number of fused-ring (bicyclic) bond motifs is 5. The van der Waals surface area contributed by atoms with Crippen LogP contribution in [0.15, 0.2) is 10.5 Å². The molecule has 0 aliphatic heterocycles. The minimum absolute atomic E-state index is 0.0385. The maximum atomic E-state index is 10.2. The maximum Gasteiger partial charge on any atom is 0.320 e. The number of aldehydes is 1. The molecule has 1 saturated carbocycles. The highest BCUT2D eigenvalue weighted by Crippen LogP contribution is 2.60. The van der Waals surface area contributed by atoms with E-state index in [2.05, 4.69) is 27.7 Å². The van der Waals surface area contributed by atoms with Gasteiger partial charge in [0, 0.05) is 16.9 Å². The van der Waals surface area contributed by atoms with Crippen molar-refractivity contribution in [1.82, 2.24) is 0 Å². The van der Waals surface area contributed by atoms with Crippen molar-refractivity contribution < 1.29 is 19.4 Å². The van der Waals surface area contributed by atoms with Crippen LogP contribution in [-0.4, -0.2) is 21.3 Å². The van der Waals surface area contributed by atoms with Gasteiger partial charge in [-0.15, -0.1) is 0 Å². The summed E-state index contributed by atoms with van der Waals surface area (Å²) in [5, 5.41) is 21.2. The zero-order valence-corrected chi connectivity index (χ0v) is 16.1. The molecule has 3 atom stereocenters. The average molecular weight is 357 g/mol. The highest BCUT2D eigenvalue weighted by molar-refractivity contribution is 6.01. The van der Waals surface area contributed by atoms with Crippen LogP contribution in [0.1, 0.15) is 82.6 Å². The van der Waals surface area contributed by atoms with Gasteiger partial charge in [-0.1, -0.05) is 34.1 Å². The number of carbonyl (C=O) groups excluding carboxylic acids is 1. The van der Waals surface area contributed by atoms with Gasteiger partial charge in [0.25, 0.3) is 0 Å². The molecule has 3 N–H and O–H groups in total. The molecular weight excluding hydrogens is 328 g/mol. The Bertz CT molecular complexity index is 891.